The normalized spacial score (nSPS) is 39.6. The Morgan fingerprint density at radius 2 is 1.06 bits per heavy atom. The molecule has 0 aromatic carbocycles. The van der Waals surface area contributed by atoms with Crippen molar-refractivity contribution in [3.05, 3.63) is 23.3 Å². The number of carbonyl (C=O) groups is 2. The Hall–Kier alpha value is -1.82. The van der Waals surface area contributed by atoms with E-state index in [0.717, 1.165) is 129 Å². The summed E-state index contributed by atoms with van der Waals surface area (Å²) in [5.74, 6) is 10.1. The standard InChI is InChI=1S/C64H107NO5/c1-43(2)17-14-19-45(5)53-26-28-55-51-24-22-47-41-49(30-34-61(47,7)57(51)32-36-63(53,55)9)69-59(66)21-12-11-13-39-68-40-16-38-65-60(67)70-50-31-35-62(8)48(42-50)23-25-52-56-29-27-54(46(6)20-15-18-44(3)4)64(56,10)37-33-58(52)62/h22-23,43-46,49-58H,11-21,24-42H2,1-10H3,(H,65,67). The Kier molecular flexibility index (Phi) is 18.2. The number of fused-ring (bicyclic) bond motifs is 10. The van der Waals surface area contributed by atoms with Gasteiger partial charge in [0, 0.05) is 39.0 Å². The van der Waals surface area contributed by atoms with Crippen LogP contribution in [0.4, 0.5) is 4.79 Å². The summed E-state index contributed by atoms with van der Waals surface area (Å²) in [6.45, 7) is 27.1. The Morgan fingerprint density at radius 1 is 0.557 bits per heavy atom. The molecule has 16 atom stereocenters. The fraction of sp³-hybridized carbons (Fsp3) is 0.906. The number of hydrogen-bond acceptors (Lipinski definition) is 5. The van der Waals surface area contributed by atoms with Crippen LogP contribution >= 0.6 is 0 Å². The molecule has 16 unspecified atom stereocenters. The number of esters is 1. The first-order valence-corrected chi connectivity index (χ1v) is 30.6. The zero-order valence-corrected chi connectivity index (χ0v) is 47.0. The minimum Gasteiger partial charge on any atom is -0.462 e. The van der Waals surface area contributed by atoms with Crippen molar-refractivity contribution < 1.29 is 23.8 Å². The van der Waals surface area contributed by atoms with Crippen molar-refractivity contribution >= 4 is 12.1 Å². The molecule has 398 valence electrons. The molecule has 0 saturated heterocycles. The van der Waals surface area contributed by atoms with Crippen molar-refractivity contribution in [1.82, 2.24) is 5.32 Å². The zero-order valence-electron chi connectivity index (χ0n) is 47.0. The highest BCUT2D eigenvalue weighted by molar-refractivity contribution is 5.69. The molecule has 1 amide bonds. The van der Waals surface area contributed by atoms with Gasteiger partial charge < -0.3 is 19.5 Å². The molecule has 0 heterocycles. The maximum atomic E-state index is 13.0. The first-order valence-electron chi connectivity index (χ1n) is 30.6. The smallest absolute Gasteiger partial charge is 0.407 e. The number of amides is 1. The van der Waals surface area contributed by atoms with Crippen molar-refractivity contribution in [2.75, 3.05) is 19.8 Å². The van der Waals surface area contributed by atoms with Crippen LogP contribution in [0.1, 0.15) is 243 Å². The van der Waals surface area contributed by atoms with E-state index >= 15 is 0 Å². The van der Waals surface area contributed by atoms with Gasteiger partial charge in [-0.1, -0.05) is 137 Å². The van der Waals surface area contributed by atoms with Crippen LogP contribution in [0.25, 0.3) is 0 Å². The van der Waals surface area contributed by atoms with Crippen molar-refractivity contribution in [3.8, 4) is 0 Å². The van der Waals surface area contributed by atoms with Gasteiger partial charge in [0.05, 0.1) is 0 Å². The molecule has 0 radical (unpaired) electrons. The number of rotatable bonds is 22. The van der Waals surface area contributed by atoms with Crippen molar-refractivity contribution in [1.29, 1.82) is 0 Å². The average molecular weight is 971 g/mol. The molecule has 6 saturated carbocycles. The van der Waals surface area contributed by atoms with Gasteiger partial charge in [-0.25, -0.2) is 4.79 Å². The molecule has 8 aliphatic rings. The van der Waals surface area contributed by atoms with E-state index in [1.807, 2.05) is 0 Å². The molecule has 6 heteroatoms. The van der Waals surface area contributed by atoms with E-state index in [1.165, 1.54) is 109 Å². The summed E-state index contributed by atoms with van der Waals surface area (Å²) in [6, 6.07) is 0. The summed E-state index contributed by atoms with van der Waals surface area (Å²) in [4.78, 5) is 25.9. The lowest BCUT2D eigenvalue weighted by Gasteiger charge is -2.58. The van der Waals surface area contributed by atoms with E-state index in [2.05, 4.69) is 86.7 Å². The molecule has 1 N–H and O–H groups in total. The van der Waals surface area contributed by atoms with Crippen LogP contribution in [-0.4, -0.2) is 44.0 Å². The van der Waals surface area contributed by atoms with E-state index in [4.69, 9.17) is 14.2 Å². The lowest BCUT2D eigenvalue weighted by molar-refractivity contribution is -0.151. The van der Waals surface area contributed by atoms with Gasteiger partial charge >= 0.3 is 12.1 Å². The van der Waals surface area contributed by atoms with Gasteiger partial charge in [0.1, 0.15) is 12.2 Å². The number of unbranched alkanes of at least 4 members (excludes halogenated alkanes) is 2. The maximum absolute atomic E-state index is 13.0. The average Bonchev–Trinajstić information content (AvgIpc) is 3.86. The first kappa shape index (κ1) is 54.4. The van der Waals surface area contributed by atoms with Crippen LogP contribution in [0, 0.1) is 92.7 Å². The summed E-state index contributed by atoms with van der Waals surface area (Å²) >= 11 is 0. The van der Waals surface area contributed by atoms with Gasteiger partial charge in [-0.05, 0) is 202 Å². The van der Waals surface area contributed by atoms with Gasteiger partial charge in [-0.15, -0.1) is 0 Å². The summed E-state index contributed by atoms with van der Waals surface area (Å²) in [6.07, 6.45) is 37.3. The molecule has 70 heavy (non-hydrogen) atoms. The van der Waals surface area contributed by atoms with E-state index < -0.39 is 0 Å². The van der Waals surface area contributed by atoms with Gasteiger partial charge in [0.15, 0.2) is 0 Å². The summed E-state index contributed by atoms with van der Waals surface area (Å²) in [5.41, 5.74) is 4.77. The fourth-order valence-electron chi connectivity index (χ4n) is 19.1. The molecule has 0 bridgehead atoms. The lowest BCUT2D eigenvalue weighted by Crippen LogP contribution is -2.51. The highest BCUT2D eigenvalue weighted by atomic mass is 16.6. The molecule has 8 rings (SSSR count). The monoisotopic (exact) mass is 970 g/mol. The van der Waals surface area contributed by atoms with Crippen molar-refractivity contribution in [2.45, 2.75) is 255 Å². The number of carbonyl (C=O) groups excluding carboxylic acids is 2. The fourth-order valence-corrected chi connectivity index (χ4v) is 19.1. The van der Waals surface area contributed by atoms with Crippen LogP contribution in [-0.2, 0) is 19.0 Å². The minimum absolute atomic E-state index is 0.0199. The van der Waals surface area contributed by atoms with Crippen LogP contribution < -0.4 is 5.32 Å². The number of ether oxygens (including phenoxy) is 3. The lowest BCUT2D eigenvalue weighted by atomic mass is 9.47. The number of alkyl carbamates (subject to hydrolysis) is 1. The molecular formula is C64H107NO5. The third kappa shape index (κ3) is 11.7. The summed E-state index contributed by atoms with van der Waals surface area (Å²) in [5, 5.41) is 3.01. The van der Waals surface area contributed by atoms with Crippen LogP contribution in [0.15, 0.2) is 23.3 Å². The summed E-state index contributed by atoms with van der Waals surface area (Å²) < 4.78 is 18.1. The third-order valence-electron chi connectivity index (χ3n) is 23.0. The maximum Gasteiger partial charge on any atom is 0.407 e. The van der Waals surface area contributed by atoms with Gasteiger partial charge in [0.25, 0.3) is 0 Å². The van der Waals surface area contributed by atoms with E-state index in [9.17, 15) is 9.59 Å². The molecule has 8 aliphatic carbocycles. The predicted octanol–water partition coefficient (Wildman–Crippen LogP) is 17.0. The SMILES string of the molecule is CC(C)CCCC(C)C1CCC2C3CC=C4CC(OC(=O)CCCCCOCCCNC(=O)OC5CCC6(C)C(=CCC7C6CCC6(C)C(C(C)CCCC(C)C)CCC76)C5)CCC4(C)C3CCC12C. The Labute approximate surface area is 430 Å². The second kappa shape index (κ2) is 23.4. The van der Waals surface area contributed by atoms with Gasteiger partial charge in [-0.2, -0.15) is 0 Å². The Morgan fingerprint density at radius 3 is 1.57 bits per heavy atom. The van der Waals surface area contributed by atoms with Crippen molar-refractivity contribution in [2.24, 2.45) is 92.7 Å². The topological polar surface area (TPSA) is 73.9 Å². The molecule has 0 aromatic heterocycles. The quantitative estimate of drug-likeness (QED) is 0.0665. The minimum atomic E-state index is -0.277. The van der Waals surface area contributed by atoms with Crippen LogP contribution in [0.2, 0.25) is 0 Å². The number of allylic oxidation sites excluding steroid dienone is 2. The first-order chi connectivity index (χ1) is 33.5. The van der Waals surface area contributed by atoms with Gasteiger partial charge in [-0.3, -0.25) is 4.79 Å². The summed E-state index contributed by atoms with van der Waals surface area (Å²) in [7, 11) is 0. The van der Waals surface area contributed by atoms with E-state index in [0.29, 0.717) is 37.0 Å². The largest absolute Gasteiger partial charge is 0.462 e. The highest BCUT2D eigenvalue weighted by Crippen LogP contribution is 2.69. The Balaban J connectivity index is 0.665. The number of hydrogen-bond donors (Lipinski definition) is 1. The third-order valence-corrected chi connectivity index (χ3v) is 23.0. The molecule has 6 nitrogen and oxygen atoms in total. The molecule has 0 spiro atoms. The molecule has 0 aromatic rings. The molecule has 0 aliphatic heterocycles. The zero-order chi connectivity index (χ0) is 49.8. The van der Waals surface area contributed by atoms with Crippen molar-refractivity contribution in [3.63, 3.8) is 0 Å². The van der Waals surface area contributed by atoms with Crippen LogP contribution in [0.3, 0.4) is 0 Å². The molecular weight excluding hydrogens is 863 g/mol. The predicted molar refractivity (Wildman–Crippen MR) is 288 cm³/mol. The van der Waals surface area contributed by atoms with Gasteiger partial charge in [0.2, 0.25) is 0 Å². The Bertz CT molecular complexity index is 1670. The highest BCUT2D eigenvalue weighted by Gasteiger charge is 2.61. The van der Waals surface area contributed by atoms with Crippen LogP contribution in [0.5, 0.6) is 0 Å². The van der Waals surface area contributed by atoms with E-state index in [-0.39, 0.29) is 35.1 Å². The second-order valence-electron chi connectivity index (χ2n) is 27.9. The molecule has 6 fully saturated rings. The number of nitrogens with one attached hydrogen (secondary N) is 1. The second-order valence-corrected chi connectivity index (χ2v) is 27.9. The van der Waals surface area contributed by atoms with E-state index in [1.54, 1.807) is 11.1 Å².